The maximum Gasteiger partial charge on any atom is 0.145 e. The number of hydrogen-bond acceptors (Lipinski definition) is 1. The zero-order valence-corrected chi connectivity index (χ0v) is 8.68. The lowest BCUT2D eigenvalue weighted by Gasteiger charge is -2.22. The molecule has 0 bridgehead atoms. The number of carbonyl (C=O) groups is 1. The monoisotopic (exact) mass is 168 g/mol. The number of carbonyl (C=O) groups excluding carboxylic acids is 1. The molecule has 0 amide bonds. The van der Waals surface area contributed by atoms with E-state index in [-0.39, 0.29) is 11.3 Å². The first-order valence-electron chi connectivity index (χ1n) is 4.63. The molecule has 0 rings (SSSR count). The molecule has 0 fully saturated rings. The molecule has 1 unspecified atom stereocenters. The average molecular weight is 168 g/mol. The van der Waals surface area contributed by atoms with Crippen molar-refractivity contribution in [2.24, 2.45) is 11.3 Å². The van der Waals surface area contributed by atoms with E-state index < -0.39 is 0 Å². The van der Waals surface area contributed by atoms with Gasteiger partial charge in [-0.1, -0.05) is 26.3 Å². The lowest BCUT2D eigenvalue weighted by molar-refractivity contribution is -0.128. The van der Waals surface area contributed by atoms with Crippen LogP contribution in [0.3, 0.4) is 0 Å². The van der Waals surface area contributed by atoms with Crippen LogP contribution in [0.2, 0.25) is 0 Å². The molecule has 0 aromatic carbocycles. The molecular weight excluding hydrogens is 148 g/mol. The third kappa shape index (κ3) is 2.80. The zero-order valence-electron chi connectivity index (χ0n) is 8.68. The van der Waals surface area contributed by atoms with E-state index in [2.05, 4.69) is 13.5 Å². The molecule has 0 saturated heterocycles. The molecule has 0 N–H and O–H groups in total. The van der Waals surface area contributed by atoms with Gasteiger partial charge in [-0.2, -0.15) is 0 Å². The van der Waals surface area contributed by atoms with Crippen molar-refractivity contribution >= 4 is 5.78 Å². The van der Waals surface area contributed by atoms with E-state index in [9.17, 15) is 4.79 Å². The SMILES string of the molecule is C=CC(C)(C)C(=O)C(C)CCC. The van der Waals surface area contributed by atoms with Crippen molar-refractivity contribution in [2.75, 3.05) is 0 Å². The van der Waals surface area contributed by atoms with Crippen molar-refractivity contribution in [3.8, 4) is 0 Å². The quantitative estimate of drug-likeness (QED) is 0.576. The van der Waals surface area contributed by atoms with Crippen molar-refractivity contribution in [3.05, 3.63) is 12.7 Å². The Morgan fingerprint density at radius 1 is 1.58 bits per heavy atom. The maximum atomic E-state index is 11.7. The van der Waals surface area contributed by atoms with Crippen molar-refractivity contribution in [3.63, 3.8) is 0 Å². The van der Waals surface area contributed by atoms with Crippen LogP contribution in [0.4, 0.5) is 0 Å². The third-order valence-corrected chi connectivity index (χ3v) is 2.31. The fourth-order valence-corrected chi connectivity index (χ4v) is 1.30. The first-order valence-corrected chi connectivity index (χ1v) is 4.63. The molecular formula is C11H20O. The predicted molar refractivity (Wildman–Crippen MR) is 53.1 cm³/mol. The molecule has 1 nitrogen and oxygen atoms in total. The van der Waals surface area contributed by atoms with Crippen LogP contribution in [-0.2, 0) is 4.79 Å². The minimum atomic E-state index is -0.353. The molecule has 0 aliphatic heterocycles. The fourth-order valence-electron chi connectivity index (χ4n) is 1.30. The second kappa shape index (κ2) is 4.44. The summed E-state index contributed by atoms with van der Waals surface area (Å²) in [5.41, 5.74) is -0.353. The Bertz CT molecular complexity index is 168. The molecule has 0 aliphatic rings. The smallest absolute Gasteiger partial charge is 0.145 e. The molecule has 70 valence electrons. The molecule has 0 heterocycles. The molecule has 0 aliphatic carbocycles. The summed E-state index contributed by atoms with van der Waals surface area (Å²) in [5, 5.41) is 0. The van der Waals surface area contributed by atoms with E-state index in [0.717, 1.165) is 12.8 Å². The molecule has 1 heteroatoms. The van der Waals surface area contributed by atoms with Crippen LogP contribution in [0.25, 0.3) is 0 Å². The van der Waals surface area contributed by atoms with Crippen molar-refractivity contribution < 1.29 is 4.79 Å². The summed E-state index contributed by atoms with van der Waals surface area (Å²) in [6.07, 6.45) is 3.79. The molecule has 0 aromatic heterocycles. The summed E-state index contributed by atoms with van der Waals surface area (Å²) in [4.78, 5) is 11.7. The Morgan fingerprint density at radius 3 is 2.42 bits per heavy atom. The number of rotatable bonds is 5. The Labute approximate surface area is 75.9 Å². The van der Waals surface area contributed by atoms with E-state index in [1.54, 1.807) is 6.08 Å². The normalized spacial score (nSPS) is 14.0. The average Bonchev–Trinajstić information content (AvgIpc) is 2.03. The molecule has 12 heavy (non-hydrogen) atoms. The summed E-state index contributed by atoms with van der Waals surface area (Å²) >= 11 is 0. The first kappa shape index (κ1) is 11.4. The summed E-state index contributed by atoms with van der Waals surface area (Å²) in [7, 11) is 0. The van der Waals surface area contributed by atoms with Gasteiger partial charge in [-0.25, -0.2) is 0 Å². The Morgan fingerprint density at radius 2 is 2.08 bits per heavy atom. The van der Waals surface area contributed by atoms with Crippen molar-refractivity contribution in [1.82, 2.24) is 0 Å². The number of hydrogen-bond donors (Lipinski definition) is 0. The van der Waals surface area contributed by atoms with Gasteiger partial charge in [-0.15, -0.1) is 6.58 Å². The summed E-state index contributed by atoms with van der Waals surface area (Å²) in [6, 6.07) is 0. The Hall–Kier alpha value is -0.590. The van der Waals surface area contributed by atoms with E-state index in [1.807, 2.05) is 20.8 Å². The lowest BCUT2D eigenvalue weighted by atomic mass is 9.80. The molecule has 0 spiro atoms. The van der Waals surface area contributed by atoms with Crippen LogP contribution >= 0.6 is 0 Å². The lowest BCUT2D eigenvalue weighted by Crippen LogP contribution is -2.27. The summed E-state index contributed by atoms with van der Waals surface area (Å²) in [5.74, 6) is 0.474. The van der Waals surface area contributed by atoms with Gasteiger partial charge in [0.05, 0.1) is 0 Å². The van der Waals surface area contributed by atoms with Gasteiger partial charge in [0, 0.05) is 11.3 Å². The molecule has 0 aromatic rings. The highest BCUT2D eigenvalue weighted by molar-refractivity contribution is 5.87. The Balaban J connectivity index is 4.27. The van der Waals surface area contributed by atoms with E-state index in [4.69, 9.17) is 0 Å². The minimum absolute atomic E-state index is 0.169. The van der Waals surface area contributed by atoms with Crippen LogP contribution < -0.4 is 0 Å². The van der Waals surface area contributed by atoms with Crippen LogP contribution in [0.1, 0.15) is 40.5 Å². The van der Waals surface area contributed by atoms with Crippen LogP contribution in [-0.4, -0.2) is 5.78 Å². The summed E-state index contributed by atoms with van der Waals surface area (Å²) in [6.45, 7) is 11.6. The fraction of sp³-hybridized carbons (Fsp3) is 0.727. The second-order valence-corrected chi connectivity index (χ2v) is 3.98. The highest BCUT2D eigenvalue weighted by Gasteiger charge is 2.27. The minimum Gasteiger partial charge on any atom is -0.298 e. The van der Waals surface area contributed by atoms with Gasteiger partial charge in [0.1, 0.15) is 5.78 Å². The predicted octanol–water partition coefficient (Wildman–Crippen LogP) is 3.20. The zero-order chi connectivity index (χ0) is 9.78. The largest absolute Gasteiger partial charge is 0.298 e. The van der Waals surface area contributed by atoms with Gasteiger partial charge in [0.25, 0.3) is 0 Å². The van der Waals surface area contributed by atoms with Crippen molar-refractivity contribution in [1.29, 1.82) is 0 Å². The van der Waals surface area contributed by atoms with Gasteiger partial charge in [-0.3, -0.25) is 4.79 Å². The highest BCUT2D eigenvalue weighted by Crippen LogP contribution is 2.24. The molecule has 1 atom stereocenters. The topological polar surface area (TPSA) is 17.1 Å². The van der Waals surface area contributed by atoms with Gasteiger partial charge in [0.15, 0.2) is 0 Å². The van der Waals surface area contributed by atoms with Crippen LogP contribution in [0.5, 0.6) is 0 Å². The summed E-state index contributed by atoms with van der Waals surface area (Å²) < 4.78 is 0. The van der Waals surface area contributed by atoms with Gasteiger partial charge < -0.3 is 0 Å². The number of ketones is 1. The number of allylic oxidation sites excluding steroid dienone is 1. The van der Waals surface area contributed by atoms with Gasteiger partial charge in [-0.05, 0) is 20.3 Å². The standard InChI is InChI=1S/C11H20O/c1-6-8-9(3)10(12)11(4,5)7-2/h7,9H,2,6,8H2,1,3-5H3. The van der Waals surface area contributed by atoms with Crippen molar-refractivity contribution in [2.45, 2.75) is 40.5 Å². The second-order valence-electron chi connectivity index (χ2n) is 3.98. The molecule has 0 saturated carbocycles. The van der Waals surface area contributed by atoms with E-state index in [0.29, 0.717) is 5.78 Å². The number of Topliss-reactive ketones (excluding diaryl/α,β-unsaturated/α-hetero) is 1. The Kier molecular flexibility index (Phi) is 4.22. The molecule has 0 radical (unpaired) electrons. The van der Waals surface area contributed by atoms with Gasteiger partial charge in [0.2, 0.25) is 0 Å². The van der Waals surface area contributed by atoms with Gasteiger partial charge >= 0.3 is 0 Å². The third-order valence-electron chi connectivity index (χ3n) is 2.31. The first-order chi connectivity index (χ1) is 5.45. The van der Waals surface area contributed by atoms with E-state index in [1.165, 1.54) is 0 Å². The highest BCUT2D eigenvalue weighted by atomic mass is 16.1. The van der Waals surface area contributed by atoms with E-state index >= 15 is 0 Å². The van der Waals surface area contributed by atoms with Crippen LogP contribution in [0.15, 0.2) is 12.7 Å². The maximum absolute atomic E-state index is 11.7. The van der Waals surface area contributed by atoms with Crippen LogP contribution in [0, 0.1) is 11.3 Å².